The summed E-state index contributed by atoms with van der Waals surface area (Å²) in [5, 5.41) is 2.83. The summed E-state index contributed by atoms with van der Waals surface area (Å²) in [5.74, 6) is 1.25. The minimum Gasteiger partial charge on any atom is -0.456 e. The number of carbonyl (C=O) groups excluding carboxylic acids is 1. The van der Waals surface area contributed by atoms with Crippen molar-refractivity contribution < 1.29 is 9.21 Å². The van der Waals surface area contributed by atoms with E-state index in [9.17, 15) is 4.79 Å². The summed E-state index contributed by atoms with van der Waals surface area (Å²) < 4.78 is 5.36. The fourth-order valence-electron chi connectivity index (χ4n) is 3.94. The van der Waals surface area contributed by atoms with Gasteiger partial charge in [0.1, 0.15) is 11.4 Å². The molecule has 2 aromatic rings. The Balaban J connectivity index is 1.57. The standard InChI is InChI=1S/C20H24N6O2/c1-13-5-10-16(28-13)17(27)23-14-6-8-15(9-7-14)26-19(22)24-18(21)25-20(26)11-3-2-4-12-20/h5-10H,2-4,11-12H2,1H3,(H,23,27)(H4,21,22,24,25). The molecule has 8 nitrogen and oxygen atoms in total. The molecule has 1 aliphatic heterocycles. The lowest BCUT2D eigenvalue weighted by Crippen LogP contribution is -2.58. The molecule has 5 N–H and O–H groups in total. The van der Waals surface area contributed by atoms with Crippen molar-refractivity contribution in [2.24, 2.45) is 21.5 Å². The van der Waals surface area contributed by atoms with Gasteiger partial charge >= 0.3 is 0 Å². The average Bonchev–Trinajstić information content (AvgIpc) is 3.10. The van der Waals surface area contributed by atoms with Crippen molar-refractivity contribution in [3.05, 3.63) is 47.9 Å². The van der Waals surface area contributed by atoms with Gasteiger partial charge in [-0.1, -0.05) is 6.42 Å². The number of amides is 1. The third-order valence-electron chi connectivity index (χ3n) is 5.20. The van der Waals surface area contributed by atoms with Crippen LogP contribution in [0.3, 0.4) is 0 Å². The zero-order valence-electron chi connectivity index (χ0n) is 15.8. The van der Waals surface area contributed by atoms with Gasteiger partial charge in [-0.15, -0.1) is 0 Å². The quantitative estimate of drug-likeness (QED) is 0.755. The van der Waals surface area contributed by atoms with Gasteiger partial charge in [-0.05, 0) is 69.0 Å². The van der Waals surface area contributed by atoms with E-state index in [-0.39, 0.29) is 17.6 Å². The Bertz CT molecular complexity index is 938. The summed E-state index contributed by atoms with van der Waals surface area (Å²) in [4.78, 5) is 23.1. The molecule has 8 heteroatoms. The predicted molar refractivity (Wildman–Crippen MR) is 109 cm³/mol. The van der Waals surface area contributed by atoms with Gasteiger partial charge in [-0.2, -0.15) is 4.99 Å². The van der Waals surface area contributed by atoms with Crippen molar-refractivity contribution in [1.82, 2.24) is 0 Å². The lowest BCUT2D eigenvalue weighted by molar-refractivity contribution is 0.0995. The highest BCUT2D eigenvalue weighted by Gasteiger charge is 2.42. The van der Waals surface area contributed by atoms with Crippen molar-refractivity contribution in [3.63, 3.8) is 0 Å². The first-order valence-electron chi connectivity index (χ1n) is 9.44. The van der Waals surface area contributed by atoms with Gasteiger partial charge in [-0.25, -0.2) is 4.99 Å². The molecule has 0 unspecified atom stereocenters. The molecule has 146 valence electrons. The van der Waals surface area contributed by atoms with Crippen molar-refractivity contribution in [2.75, 3.05) is 10.2 Å². The highest BCUT2D eigenvalue weighted by atomic mass is 16.3. The Hall–Kier alpha value is -3.29. The number of anilines is 2. The SMILES string of the molecule is Cc1ccc(C(=O)Nc2ccc(N3C(N)=NC(N)=NC34CCCCC4)cc2)o1. The first-order valence-corrected chi connectivity index (χ1v) is 9.44. The average molecular weight is 380 g/mol. The van der Waals surface area contributed by atoms with Gasteiger partial charge in [0.25, 0.3) is 5.91 Å². The van der Waals surface area contributed by atoms with Crippen LogP contribution < -0.4 is 21.7 Å². The van der Waals surface area contributed by atoms with Crippen molar-refractivity contribution in [1.29, 1.82) is 0 Å². The van der Waals surface area contributed by atoms with Crippen LogP contribution in [0.15, 0.2) is 50.8 Å². The summed E-state index contributed by atoms with van der Waals surface area (Å²) >= 11 is 0. The van der Waals surface area contributed by atoms with E-state index >= 15 is 0 Å². The van der Waals surface area contributed by atoms with Gasteiger partial charge in [0.05, 0.1) is 0 Å². The fraction of sp³-hybridized carbons (Fsp3) is 0.350. The molecule has 0 atom stereocenters. The van der Waals surface area contributed by atoms with Crippen LogP contribution in [0.1, 0.15) is 48.4 Å². The van der Waals surface area contributed by atoms with Crippen molar-refractivity contribution >= 4 is 29.2 Å². The molecule has 1 amide bonds. The van der Waals surface area contributed by atoms with Crippen LogP contribution in [0.25, 0.3) is 0 Å². The normalized spacial score (nSPS) is 18.5. The van der Waals surface area contributed by atoms with Gasteiger partial charge in [0.2, 0.25) is 11.9 Å². The number of nitrogens with two attached hydrogens (primary N) is 2. The second kappa shape index (κ2) is 7.03. The second-order valence-electron chi connectivity index (χ2n) is 7.23. The smallest absolute Gasteiger partial charge is 0.291 e. The minimum atomic E-state index is -0.482. The number of carbonyl (C=O) groups is 1. The molecule has 2 heterocycles. The van der Waals surface area contributed by atoms with E-state index in [1.54, 1.807) is 19.1 Å². The first-order chi connectivity index (χ1) is 13.5. The Morgan fingerprint density at radius 1 is 1.11 bits per heavy atom. The zero-order valence-corrected chi connectivity index (χ0v) is 15.8. The summed E-state index contributed by atoms with van der Waals surface area (Å²) in [6, 6.07) is 10.9. The molecule has 1 fully saturated rings. The number of guanidine groups is 2. The van der Waals surface area contributed by atoms with Crippen LogP contribution in [-0.2, 0) is 0 Å². The molecule has 28 heavy (non-hydrogen) atoms. The van der Waals surface area contributed by atoms with Gasteiger partial charge in [0.15, 0.2) is 5.76 Å². The first kappa shape index (κ1) is 18.1. The largest absolute Gasteiger partial charge is 0.456 e. The number of nitrogens with zero attached hydrogens (tertiary/aromatic N) is 3. The van der Waals surface area contributed by atoms with Gasteiger partial charge in [-0.3, -0.25) is 9.69 Å². The maximum atomic E-state index is 12.3. The number of benzene rings is 1. The fourth-order valence-corrected chi connectivity index (χ4v) is 3.94. The molecule has 2 aliphatic rings. The highest BCUT2D eigenvalue weighted by Crippen LogP contribution is 2.39. The molecule has 0 saturated heterocycles. The monoisotopic (exact) mass is 380 g/mol. The summed E-state index contributed by atoms with van der Waals surface area (Å²) in [7, 11) is 0. The van der Waals surface area contributed by atoms with E-state index in [0.717, 1.165) is 31.4 Å². The van der Waals surface area contributed by atoms with Crippen molar-refractivity contribution in [2.45, 2.75) is 44.7 Å². The highest BCUT2D eigenvalue weighted by molar-refractivity contribution is 6.06. The van der Waals surface area contributed by atoms with Crippen molar-refractivity contribution in [3.8, 4) is 0 Å². The predicted octanol–water partition coefficient (Wildman–Crippen LogP) is 2.95. The molecule has 4 rings (SSSR count). The number of aliphatic imine (C=N–C) groups is 2. The van der Waals surface area contributed by atoms with E-state index in [1.807, 2.05) is 29.2 Å². The van der Waals surface area contributed by atoms with Crippen LogP contribution in [0.5, 0.6) is 0 Å². The summed E-state index contributed by atoms with van der Waals surface area (Å²) in [5.41, 5.74) is 13.2. The topological polar surface area (TPSA) is 122 Å². The van der Waals surface area contributed by atoms with Crippen LogP contribution in [0.2, 0.25) is 0 Å². The Kier molecular flexibility index (Phi) is 4.54. The van der Waals surface area contributed by atoms with E-state index in [2.05, 4.69) is 15.3 Å². The molecular formula is C20H24N6O2. The number of rotatable bonds is 3. The van der Waals surface area contributed by atoms with Crippen LogP contribution in [0.4, 0.5) is 11.4 Å². The molecule has 1 aromatic heterocycles. The van der Waals surface area contributed by atoms with Crippen LogP contribution >= 0.6 is 0 Å². The molecule has 1 aromatic carbocycles. The van der Waals surface area contributed by atoms with E-state index in [4.69, 9.17) is 15.9 Å². The van der Waals surface area contributed by atoms with E-state index in [0.29, 0.717) is 17.4 Å². The van der Waals surface area contributed by atoms with Gasteiger partial charge < -0.3 is 21.2 Å². The van der Waals surface area contributed by atoms with E-state index < -0.39 is 5.66 Å². The number of aryl methyl sites for hydroxylation is 1. The molecule has 1 saturated carbocycles. The summed E-state index contributed by atoms with van der Waals surface area (Å²) in [6.45, 7) is 1.80. The third-order valence-corrected chi connectivity index (χ3v) is 5.20. The maximum Gasteiger partial charge on any atom is 0.291 e. The van der Waals surface area contributed by atoms with Gasteiger partial charge in [0, 0.05) is 11.4 Å². The van der Waals surface area contributed by atoms with E-state index in [1.165, 1.54) is 6.42 Å². The Morgan fingerprint density at radius 3 is 2.46 bits per heavy atom. The summed E-state index contributed by atoms with van der Waals surface area (Å²) in [6.07, 6.45) is 5.06. The minimum absolute atomic E-state index is 0.230. The molecule has 1 spiro atoms. The molecule has 0 bridgehead atoms. The number of hydrogen-bond donors (Lipinski definition) is 3. The second-order valence-corrected chi connectivity index (χ2v) is 7.23. The van der Waals surface area contributed by atoms with Crippen LogP contribution in [-0.4, -0.2) is 23.5 Å². The number of hydrogen-bond acceptors (Lipinski definition) is 7. The lowest BCUT2D eigenvalue weighted by atomic mass is 9.87. The molecule has 1 aliphatic carbocycles. The van der Waals surface area contributed by atoms with Crippen LogP contribution in [0, 0.1) is 6.92 Å². The number of nitrogens with one attached hydrogen (secondary N) is 1. The molecular weight excluding hydrogens is 356 g/mol. The Labute approximate surface area is 163 Å². The molecule has 0 radical (unpaired) electrons. The Morgan fingerprint density at radius 2 is 1.82 bits per heavy atom. The maximum absolute atomic E-state index is 12.3. The zero-order chi connectivity index (χ0) is 19.7. The lowest BCUT2D eigenvalue weighted by Gasteiger charge is -2.45. The number of furan rings is 1. The third kappa shape index (κ3) is 3.33.